The first-order valence-electron chi connectivity index (χ1n) is 11.8. The molecule has 0 radical (unpaired) electrons. The molecule has 0 aliphatic heterocycles. The second-order valence-corrected chi connectivity index (χ2v) is 8.65. The number of azo groups is 1. The summed E-state index contributed by atoms with van der Waals surface area (Å²) in [6.45, 7) is 5.97. The van der Waals surface area contributed by atoms with Gasteiger partial charge >= 0.3 is 0 Å². The van der Waals surface area contributed by atoms with Crippen LogP contribution in [0.4, 0.5) is 34.6 Å². The monoisotopic (exact) mass is 502 g/mol. The molecule has 0 saturated carbocycles. The first-order valence-corrected chi connectivity index (χ1v) is 11.8. The van der Waals surface area contributed by atoms with Crippen LogP contribution in [0.2, 0.25) is 0 Å². The second kappa shape index (κ2) is 11.1. The first kappa shape index (κ1) is 25.7. The normalized spacial score (nSPS) is 11.4. The van der Waals surface area contributed by atoms with Crippen molar-refractivity contribution in [1.29, 1.82) is 0 Å². The van der Waals surface area contributed by atoms with Crippen molar-refractivity contribution in [3.63, 3.8) is 0 Å². The number of benzene rings is 3. The van der Waals surface area contributed by atoms with Crippen LogP contribution in [0.15, 0.2) is 52.7 Å². The van der Waals surface area contributed by atoms with Crippen molar-refractivity contribution in [3.8, 4) is 5.75 Å². The van der Waals surface area contributed by atoms with Crippen molar-refractivity contribution in [2.75, 3.05) is 42.3 Å². The summed E-state index contributed by atoms with van der Waals surface area (Å²) in [5.41, 5.74) is 10.2. The predicted octanol–water partition coefficient (Wildman–Crippen LogP) is 4.19. The van der Waals surface area contributed by atoms with Gasteiger partial charge < -0.3 is 31.3 Å². The number of nitrogens with one attached hydrogen (secondary N) is 1. The predicted molar refractivity (Wildman–Crippen MR) is 144 cm³/mol. The molecule has 0 amide bonds. The van der Waals surface area contributed by atoms with Crippen LogP contribution in [0.1, 0.15) is 17.0 Å². The van der Waals surface area contributed by atoms with E-state index in [-0.39, 0.29) is 19.0 Å². The third-order valence-corrected chi connectivity index (χ3v) is 5.71. The molecule has 1 aromatic heterocycles. The maximum Gasteiger partial charge on any atom is 0.232 e. The number of nitrogens with zero attached hydrogens (tertiary/aromatic N) is 6. The Morgan fingerprint density at radius 1 is 0.919 bits per heavy atom. The van der Waals surface area contributed by atoms with Gasteiger partial charge in [-0.2, -0.15) is 20.1 Å². The van der Waals surface area contributed by atoms with E-state index in [1.807, 2.05) is 44.2 Å². The van der Waals surface area contributed by atoms with Crippen LogP contribution in [0.3, 0.4) is 0 Å². The lowest BCUT2D eigenvalue weighted by Gasteiger charge is -2.21. The van der Waals surface area contributed by atoms with Gasteiger partial charge in [0.05, 0.1) is 30.0 Å². The molecule has 0 aliphatic carbocycles. The summed E-state index contributed by atoms with van der Waals surface area (Å²) in [5, 5.41) is 42.5. The molecule has 0 spiro atoms. The standard InChI is InChI=1S/C26H30N8O3/c1-15-12-18-4-6-20(27)24(23(18)22(37)13-15)33-32-21-7-5-19(14-16(21)2)30-25-28-17(3)29-26(31-25)34(8-10-35)9-11-36/h4-7,12-14,35-37H,8-11,27H2,1-3H3,(H,28,29,30,31). The Morgan fingerprint density at radius 3 is 2.38 bits per heavy atom. The fraction of sp³-hybridized carbons (Fsp3) is 0.269. The van der Waals surface area contributed by atoms with Gasteiger partial charge in [-0.25, -0.2) is 0 Å². The molecule has 0 unspecified atom stereocenters. The average Bonchev–Trinajstić information content (AvgIpc) is 2.84. The van der Waals surface area contributed by atoms with E-state index in [9.17, 15) is 15.3 Å². The Hall–Kier alpha value is -4.35. The van der Waals surface area contributed by atoms with E-state index >= 15 is 0 Å². The highest BCUT2D eigenvalue weighted by Crippen LogP contribution is 2.39. The Morgan fingerprint density at radius 2 is 1.68 bits per heavy atom. The molecular weight excluding hydrogens is 472 g/mol. The zero-order valence-corrected chi connectivity index (χ0v) is 21.0. The molecular formula is C26H30N8O3. The van der Waals surface area contributed by atoms with Crippen LogP contribution in [0, 0.1) is 20.8 Å². The van der Waals surface area contributed by atoms with Gasteiger partial charge in [-0.05, 0) is 67.6 Å². The number of nitrogens with two attached hydrogens (primary N) is 1. The summed E-state index contributed by atoms with van der Waals surface area (Å²) >= 11 is 0. The number of rotatable bonds is 9. The molecule has 37 heavy (non-hydrogen) atoms. The van der Waals surface area contributed by atoms with E-state index < -0.39 is 0 Å². The smallest absolute Gasteiger partial charge is 0.232 e. The number of phenolic OH excluding ortho intramolecular Hbond substituents is 1. The number of anilines is 4. The van der Waals surface area contributed by atoms with E-state index in [4.69, 9.17) is 5.73 Å². The Bertz CT molecular complexity index is 1450. The Kier molecular flexibility index (Phi) is 7.75. The highest BCUT2D eigenvalue weighted by Gasteiger charge is 2.13. The maximum absolute atomic E-state index is 10.5. The van der Waals surface area contributed by atoms with Crippen molar-refractivity contribution in [3.05, 3.63) is 59.4 Å². The molecule has 0 aliphatic rings. The number of aromatic hydroxyl groups is 1. The molecule has 4 rings (SSSR count). The summed E-state index contributed by atoms with van der Waals surface area (Å²) in [5.74, 6) is 1.32. The molecule has 11 heteroatoms. The summed E-state index contributed by atoms with van der Waals surface area (Å²) in [7, 11) is 0. The Balaban J connectivity index is 1.59. The van der Waals surface area contributed by atoms with Gasteiger partial charge in [-0.3, -0.25) is 0 Å². The molecule has 11 nitrogen and oxygen atoms in total. The number of nitrogen functional groups attached to an aromatic ring is 1. The van der Waals surface area contributed by atoms with E-state index in [1.54, 1.807) is 24.0 Å². The van der Waals surface area contributed by atoms with Crippen LogP contribution in [-0.4, -0.2) is 56.6 Å². The lowest BCUT2D eigenvalue weighted by atomic mass is 10.0. The van der Waals surface area contributed by atoms with Gasteiger partial charge in [0.15, 0.2) is 0 Å². The number of fused-ring (bicyclic) bond motifs is 1. The van der Waals surface area contributed by atoms with E-state index in [1.165, 1.54) is 0 Å². The van der Waals surface area contributed by atoms with Crippen molar-refractivity contribution in [1.82, 2.24) is 15.0 Å². The highest BCUT2D eigenvalue weighted by atomic mass is 16.3. The number of aliphatic hydroxyl groups excluding tert-OH is 2. The minimum absolute atomic E-state index is 0.0909. The van der Waals surface area contributed by atoms with Gasteiger partial charge in [-0.15, -0.1) is 5.11 Å². The summed E-state index contributed by atoms with van der Waals surface area (Å²) < 4.78 is 0. The fourth-order valence-corrected chi connectivity index (χ4v) is 3.99. The number of aromatic nitrogens is 3. The van der Waals surface area contributed by atoms with E-state index in [2.05, 4.69) is 30.5 Å². The molecule has 192 valence electrons. The topological polar surface area (TPSA) is 165 Å². The summed E-state index contributed by atoms with van der Waals surface area (Å²) in [6, 6.07) is 12.8. The minimum atomic E-state index is -0.0909. The third kappa shape index (κ3) is 5.90. The number of aryl methyl sites for hydroxylation is 3. The zero-order chi connectivity index (χ0) is 26.5. The summed E-state index contributed by atoms with van der Waals surface area (Å²) in [4.78, 5) is 14.8. The molecule has 0 saturated heterocycles. The largest absolute Gasteiger partial charge is 0.507 e. The zero-order valence-electron chi connectivity index (χ0n) is 21.0. The lowest BCUT2D eigenvalue weighted by Crippen LogP contribution is -2.31. The van der Waals surface area contributed by atoms with Gasteiger partial charge in [0.25, 0.3) is 0 Å². The first-order chi connectivity index (χ1) is 17.8. The number of hydrogen-bond donors (Lipinski definition) is 5. The van der Waals surface area contributed by atoms with Crippen LogP contribution >= 0.6 is 0 Å². The number of hydrogen-bond acceptors (Lipinski definition) is 11. The summed E-state index contributed by atoms with van der Waals surface area (Å²) in [6.07, 6.45) is 0. The molecule has 0 fully saturated rings. The minimum Gasteiger partial charge on any atom is -0.507 e. The van der Waals surface area contributed by atoms with Crippen LogP contribution < -0.4 is 16.0 Å². The highest BCUT2D eigenvalue weighted by molar-refractivity contribution is 6.02. The van der Waals surface area contributed by atoms with Crippen LogP contribution in [0.25, 0.3) is 10.8 Å². The number of phenols is 1. The van der Waals surface area contributed by atoms with Crippen molar-refractivity contribution >= 4 is 45.4 Å². The van der Waals surface area contributed by atoms with E-state index in [0.717, 1.165) is 22.2 Å². The molecule has 0 bridgehead atoms. The molecule has 1 heterocycles. The fourth-order valence-electron chi connectivity index (χ4n) is 3.99. The van der Waals surface area contributed by atoms with Gasteiger partial charge in [0.1, 0.15) is 17.3 Å². The van der Waals surface area contributed by atoms with Gasteiger partial charge in [-0.1, -0.05) is 12.1 Å². The average molecular weight is 503 g/mol. The molecule has 3 aromatic carbocycles. The van der Waals surface area contributed by atoms with Crippen molar-refractivity contribution < 1.29 is 15.3 Å². The van der Waals surface area contributed by atoms with Crippen LogP contribution in [0.5, 0.6) is 5.75 Å². The van der Waals surface area contributed by atoms with Gasteiger partial charge in [0.2, 0.25) is 11.9 Å². The molecule has 4 aromatic rings. The number of aliphatic hydroxyl groups is 2. The Labute approximate surface area is 214 Å². The quantitative estimate of drug-likeness (QED) is 0.167. The third-order valence-electron chi connectivity index (χ3n) is 5.71. The van der Waals surface area contributed by atoms with Crippen LogP contribution in [-0.2, 0) is 0 Å². The molecule has 6 N–H and O–H groups in total. The van der Waals surface area contributed by atoms with Crippen molar-refractivity contribution in [2.24, 2.45) is 10.2 Å². The lowest BCUT2D eigenvalue weighted by molar-refractivity contribution is 0.280. The van der Waals surface area contributed by atoms with Crippen molar-refractivity contribution in [2.45, 2.75) is 20.8 Å². The van der Waals surface area contributed by atoms with E-state index in [0.29, 0.717) is 53.3 Å². The van der Waals surface area contributed by atoms with Gasteiger partial charge in [0, 0.05) is 18.8 Å². The molecule has 0 atom stereocenters. The second-order valence-electron chi connectivity index (χ2n) is 8.65. The maximum atomic E-state index is 10.5. The SMILES string of the molecule is Cc1cc(O)c2c(N=Nc3ccc(Nc4nc(C)nc(N(CCO)CCO)n4)cc3C)c(N)ccc2c1.